The van der Waals surface area contributed by atoms with Gasteiger partial charge in [-0.25, -0.2) is 9.37 Å². The van der Waals surface area contributed by atoms with Gasteiger partial charge in [0, 0.05) is 30.0 Å². The van der Waals surface area contributed by atoms with E-state index in [9.17, 15) is 9.18 Å². The maximum absolute atomic E-state index is 14.4. The predicted octanol–water partition coefficient (Wildman–Crippen LogP) is 3.74. The molecule has 7 heteroatoms. The highest BCUT2D eigenvalue weighted by molar-refractivity contribution is 6.31. The predicted molar refractivity (Wildman–Crippen MR) is 96.9 cm³/mol. The summed E-state index contributed by atoms with van der Waals surface area (Å²) in [6, 6.07) is 10.2. The number of nitrogens with zero attached hydrogens (tertiary/aromatic N) is 2. The summed E-state index contributed by atoms with van der Waals surface area (Å²) in [6.07, 6.45) is 3.32. The van der Waals surface area contributed by atoms with Crippen LogP contribution in [0.25, 0.3) is 0 Å². The van der Waals surface area contributed by atoms with Gasteiger partial charge in [0.05, 0.1) is 12.7 Å². The fraction of sp³-hybridized carbons (Fsp3) is 0.158. The second kappa shape index (κ2) is 7.58. The second-order valence-corrected chi connectivity index (χ2v) is 6.11. The average Bonchev–Trinajstić information content (AvgIpc) is 3.06. The standard InChI is InChI=1S/C19H17ClFN3O2/c1-24-10-9-22-18(24)17(13-5-3-4-6-15(13)21)23-19(25)14-11-12(20)7-8-16(14)26-2/h3-11,17H,1-2H3,(H,23,25). The monoisotopic (exact) mass is 373 g/mol. The Morgan fingerprint density at radius 1 is 1.31 bits per heavy atom. The van der Waals surface area contributed by atoms with Crippen LogP contribution in [0.3, 0.4) is 0 Å². The van der Waals surface area contributed by atoms with E-state index in [0.29, 0.717) is 22.2 Å². The Balaban J connectivity index is 2.02. The first-order valence-electron chi connectivity index (χ1n) is 7.87. The highest BCUT2D eigenvalue weighted by Gasteiger charge is 2.25. The van der Waals surface area contributed by atoms with Gasteiger partial charge in [-0.15, -0.1) is 0 Å². The smallest absolute Gasteiger partial charge is 0.255 e. The van der Waals surface area contributed by atoms with Crippen LogP contribution in [0.1, 0.15) is 27.8 Å². The van der Waals surface area contributed by atoms with E-state index in [1.165, 1.54) is 19.2 Å². The van der Waals surface area contributed by atoms with Gasteiger partial charge in [-0.2, -0.15) is 0 Å². The lowest BCUT2D eigenvalue weighted by molar-refractivity contribution is 0.0937. The number of methoxy groups -OCH3 is 1. The zero-order valence-corrected chi connectivity index (χ0v) is 15.0. The second-order valence-electron chi connectivity index (χ2n) is 5.67. The third kappa shape index (κ3) is 3.55. The van der Waals surface area contributed by atoms with Crippen LogP contribution in [-0.4, -0.2) is 22.6 Å². The van der Waals surface area contributed by atoms with Gasteiger partial charge in [-0.3, -0.25) is 4.79 Å². The maximum atomic E-state index is 14.4. The number of aryl methyl sites for hydroxylation is 1. The van der Waals surface area contributed by atoms with Crippen LogP contribution < -0.4 is 10.1 Å². The third-order valence-corrected chi connectivity index (χ3v) is 4.25. The third-order valence-electron chi connectivity index (χ3n) is 4.01. The molecule has 1 aromatic heterocycles. The van der Waals surface area contributed by atoms with Crippen molar-refractivity contribution in [2.75, 3.05) is 7.11 Å². The number of ether oxygens (including phenoxy) is 1. The van der Waals surface area contributed by atoms with Crippen molar-refractivity contribution in [2.24, 2.45) is 7.05 Å². The Morgan fingerprint density at radius 2 is 2.08 bits per heavy atom. The van der Waals surface area contributed by atoms with E-state index in [-0.39, 0.29) is 5.56 Å². The highest BCUT2D eigenvalue weighted by atomic mass is 35.5. The summed E-state index contributed by atoms with van der Waals surface area (Å²) in [6.45, 7) is 0. The molecule has 134 valence electrons. The molecular weight excluding hydrogens is 357 g/mol. The van der Waals surface area contributed by atoms with Crippen LogP contribution in [0.15, 0.2) is 54.9 Å². The number of rotatable bonds is 5. The van der Waals surface area contributed by atoms with Gasteiger partial charge in [0.1, 0.15) is 23.4 Å². The quantitative estimate of drug-likeness (QED) is 0.741. The fourth-order valence-electron chi connectivity index (χ4n) is 2.71. The summed E-state index contributed by atoms with van der Waals surface area (Å²) < 4.78 is 21.4. The zero-order valence-electron chi connectivity index (χ0n) is 14.2. The Bertz CT molecular complexity index is 942. The van der Waals surface area contributed by atoms with Gasteiger partial charge >= 0.3 is 0 Å². The minimum Gasteiger partial charge on any atom is -0.496 e. The molecule has 0 fully saturated rings. The molecule has 0 bridgehead atoms. The molecule has 5 nitrogen and oxygen atoms in total. The van der Waals surface area contributed by atoms with E-state index >= 15 is 0 Å². The molecule has 3 aromatic rings. The number of hydrogen-bond donors (Lipinski definition) is 1. The average molecular weight is 374 g/mol. The molecule has 0 spiro atoms. The number of benzene rings is 2. The number of amides is 1. The van der Waals surface area contributed by atoms with E-state index in [2.05, 4.69) is 10.3 Å². The molecule has 0 aliphatic carbocycles. The number of halogens is 2. The number of nitrogens with one attached hydrogen (secondary N) is 1. The first-order valence-corrected chi connectivity index (χ1v) is 8.25. The van der Waals surface area contributed by atoms with E-state index in [0.717, 1.165) is 0 Å². The molecule has 26 heavy (non-hydrogen) atoms. The van der Waals surface area contributed by atoms with E-state index < -0.39 is 17.8 Å². The zero-order chi connectivity index (χ0) is 18.7. The number of hydrogen-bond acceptors (Lipinski definition) is 3. The van der Waals surface area contributed by atoms with Gasteiger partial charge in [0.2, 0.25) is 0 Å². The van der Waals surface area contributed by atoms with E-state index in [1.807, 2.05) is 0 Å². The largest absolute Gasteiger partial charge is 0.496 e. The molecule has 1 amide bonds. The topological polar surface area (TPSA) is 56.1 Å². The molecule has 3 rings (SSSR count). The molecule has 2 aromatic carbocycles. The van der Waals surface area contributed by atoms with Crippen LogP contribution in [-0.2, 0) is 7.05 Å². The first kappa shape index (κ1) is 17.9. The minimum absolute atomic E-state index is 0.260. The number of carbonyl (C=O) groups excluding carboxylic acids is 1. The van der Waals surface area contributed by atoms with E-state index in [1.54, 1.807) is 54.3 Å². The lowest BCUT2D eigenvalue weighted by atomic mass is 10.0. The van der Waals surface area contributed by atoms with Crippen LogP contribution in [0, 0.1) is 5.82 Å². The van der Waals surface area contributed by atoms with Crippen molar-refractivity contribution in [1.29, 1.82) is 0 Å². The van der Waals surface area contributed by atoms with Crippen molar-refractivity contribution in [3.05, 3.63) is 82.6 Å². The van der Waals surface area contributed by atoms with Crippen LogP contribution in [0.4, 0.5) is 4.39 Å². The Labute approximate surface area is 155 Å². The first-order chi connectivity index (χ1) is 12.5. The van der Waals surface area contributed by atoms with Gasteiger partial charge in [-0.05, 0) is 24.3 Å². The van der Waals surface area contributed by atoms with Crippen molar-refractivity contribution < 1.29 is 13.9 Å². The molecule has 0 aliphatic heterocycles. The van der Waals surface area contributed by atoms with Crippen molar-refractivity contribution in [1.82, 2.24) is 14.9 Å². The maximum Gasteiger partial charge on any atom is 0.255 e. The molecule has 1 atom stereocenters. The lowest BCUT2D eigenvalue weighted by Crippen LogP contribution is -2.32. The molecule has 0 saturated heterocycles. The van der Waals surface area contributed by atoms with Crippen molar-refractivity contribution in [2.45, 2.75) is 6.04 Å². The van der Waals surface area contributed by atoms with Crippen molar-refractivity contribution >= 4 is 17.5 Å². The summed E-state index contributed by atoms with van der Waals surface area (Å²) in [5, 5.41) is 3.23. The molecule has 0 radical (unpaired) electrons. The van der Waals surface area contributed by atoms with Crippen molar-refractivity contribution in [3.8, 4) is 5.75 Å². The van der Waals surface area contributed by atoms with Gasteiger partial charge < -0.3 is 14.6 Å². The molecule has 0 saturated carbocycles. The Hall–Kier alpha value is -2.86. The summed E-state index contributed by atoms with van der Waals surface area (Å²) >= 11 is 6.01. The summed E-state index contributed by atoms with van der Waals surface area (Å²) in [5.74, 6) is 0.00271. The molecule has 1 heterocycles. The van der Waals surface area contributed by atoms with Gasteiger partial charge in [0.15, 0.2) is 0 Å². The van der Waals surface area contributed by atoms with Crippen LogP contribution in [0.2, 0.25) is 5.02 Å². The molecule has 0 aliphatic rings. The molecule has 1 N–H and O–H groups in total. The Morgan fingerprint density at radius 3 is 2.73 bits per heavy atom. The SMILES string of the molecule is COc1ccc(Cl)cc1C(=O)NC(c1ccccc1F)c1nccn1C. The summed E-state index contributed by atoms with van der Waals surface area (Å²) in [5.41, 5.74) is 0.576. The normalized spacial score (nSPS) is 11.8. The highest BCUT2D eigenvalue weighted by Crippen LogP contribution is 2.26. The fourth-order valence-corrected chi connectivity index (χ4v) is 2.88. The van der Waals surface area contributed by atoms with Gasteiger partial charge in [0.25, 0.3) is 5.91 Å². The minimum atomic E-state index is -0.771. The van der Waals surface area contributed by atoms with Crippen LogP contribution >= 0.6 is 11.6 Å². The summed E-state index contributed by atoms with van der Waals surface area (Å²) in [7, 11) is 3.25. The molecular formula is C19H17ClFN3O2. The Kier molecular flexibility index (Phi) is 5.23. The summed E-state index contributed by atoms with van der Waals surface area (Å²) in [4.78, 5) is 17.1. The number of aromatic nitrogens is 2. The molecule has 1 unspecified atom stereocenters. The van der Waals surface area contributed by atoms with Gasteiger partial charge in [-0.1, -0.05) is 29.8 Å². The van der Waals surface area contributed by atoms with Crippen LogP contribution in [0.5, 0.6) is 5.75 Å². The van der Waals surface area contributed by atoms with Crippen molar-refractivity contribution in [3.63, 3.8) is 0 Å². The van der Waals surface area contributed by atoms with E-state index in [4.69, 9.17) is 16.3 Å². The number of imidazole rings is 1. The number of carbonyl (C=O) groups is 1. The lowest BCUT2D eigenvalue weighted by Gasteiger charge is -2.20.